The van der Waals surface area contributed by atoms with E-state index in [9.17, 15) is 9.59 Å². The van der Waals surface area contributed by atoms with Gasteiger partial charge in [-0.15, -0.1) is 10.2 Å². The zero-order valence-corrected chi connectivity index (χ0v) is 17.8. The summed E-state index contributed by atoms with van der Waals surface area (Å²) in [5, 5.41) is 15.6. The molecule has 0 aliphatic heterocycles. The molecule has 0 unspecified atom stereocenters. The van der Waals surface area contributed by atoms with Gasteiger partial charge in [0.15, 0.2) is 0 Å². The molecule has 0 saturated heterocycles. The predicted molar refractivity (Wildman–Crippen MR) is 118 cm³/mol. The summed E-state index contributed by atoms with van der Waals surface area (Å²) in [7, 11) is 1.58. The number of thioether (sulfide) groups is 1. The van der Waals surface area contributed by atoms with E-state index in [1.54, 1.807) is 31.4 Å². The molecule has 9 nitrogen and oxygen atoms in total. The molecule has 2 aromatic carbocycles. The van der Waals surface area contributed by atoms with Gasteiger partial charge in [-0.05, 0) is 36.8 Å². The van der Waals surface area contributed by atoms with Gasteiger partial charge < -0.3 is 10.1 Å². The van der Waals surface area contributed by atoms with Crippen LogP contribution in [-0.2, 0) is 11.2 Å². The maximum Gasteiger partial charge on any atom is 0.274 e. The van der Waals surface area contributed by atoms with Crippen molar-refractivity contribution >= 4 is 29.1 Å². The van der Waals surface area contributed by atoms with E-state index in [2.05, 4.69) is 25.6 Å². The van der Waals surface area contributed by atoms with Crippen LogP contribution in [0.3, 0.4) is 0 Å². The Morgan fingerprint density at radius 2 is 1.87 bits per heavy atom. The quantitative estimate of drug-likeness (QED) is 0.428. The molecule has 2 aromatic heterocycles. The summed E-state index contributed by atoms with van der Waals surface area (Å²) < 4.78 is 6.56. The van der Waals surface area contributed by atoms with Gasteiger partial charge >= 0.3 is 0 Å². The Balaban J connectivity index is 1.46. The summed E-state index contributed by atoms with van der Waals surface area (Å²) in [5.74, 6) is 0.858. The molecule has 1 amide bonds. The normalized spacial score (nSPS) is 10.9. The third-order valence-corrected chi connectivity index (χ3v) is 5.44. The summed E-state index contributed by atoms with van der Waals surface area (Å²) in [6.07, 6.45) is 0.381. The zero-order valence-electron chi connectivity index (χ0n) is 17.0. The number of fused-ring (bicyclic) bond motifs is 1. The van der Waals surface area contributed by atoms with Crippen LogP contribution in [0.15, 0.2) is 58.5 Å². The van der Waals surface area contributed by atoms with E-state index >= 15 is 0 Å². The molecule has 10 heteroatoms. The lowest BCUT2D eigenvalue weighted by Crippen LogP contribution is -2.19. The fourth-order valence-electron chi connectivity index (χ4n) is 2.88. The van der Waals surface area contributed by atoms with Crippen LogP contribution >= 0.6 is 11.8 Å². The highest BCUT2D eigenvalue weighted by Gasteiger charge is 2.14. The van der Waals surface area contributed by atoms with Gasteiger partial charge in [0.25, 0.3) is 11.3 Å². The van der Waals surface area contributed by atoms with Crippen LogP contribution in [0.25, 0.3) is 5.78 Å². The number of H-pyrrole nitrogens is 1. The SMILES string of the molecule is COc1ccc(NC(=O)CSc2nnc3[nH]c(=O)c(Cc4ccc(C)cc4)nn23)cc1. The average Bonchev–Trinajstić information content (AvgIpc) is 3.16. The van der Waals surface area contributed by atoms with E-state index in [0.29, 0.717) is 28.7 Å². The van der Waals surface area contributed by atoms with Gasteiger partial charge in [0.1, 0.15) is 11.4 Å². The molecule has 4 rings (SSSR count). The van der Waals surface area contributed by atoms with Crippen molar-refractivity contribution in [2.45, 2.75) is 18.5 Å². The molecule has 0 aliphatic carbocycles. The van der Waals surface area contributed by atoms with Gasteiger partial charge in [0, 0.05) is 12.1 Å². The minimum atomic E-state index is -0.311. The van der Waals surface area contributed by atoms with Crippen molar-refractivity contribution in [2.24, 2.45) is 0 Å². The lowest BCUT2D eigenvalue weighted by atomic mass is 10.1. The lowest BCUT2D eigenvalue weighted by Gasteiger charge is -2.06. The van der Waals surface area contributed by atoms with Gasteiger partial charge in [-0.25, -0.2) is 0 Å². The van der Waals surface area contributed by atoms with E-state index < -0.39 is 0 Å². The van der Waals surface area contributed by atoms with Gasteiger partial charge in [-0.2, -0.15) is 9.61 Å². The topological polar surface area (TPSA) is 114 Å². The van der Waals surface area contributed by atoms with E-state index in [4.69, 9.17) is 4.74 Å². The number of benzene rings is 2. The monoisotopic (exact) mass is 436 g/mol. The van der Waals surface area contributed by atoms with Crippen LogP contribution in [0, 0.1) is 6.92 Å². The molecule has 0 fully saturated rings. The Morgan fingerprint density at radius 3 is 2.58 bits per heavy atom. The minimum absolute atomic E-state index is 0.112. The third-order valence-electron chi connectivity index (χ3n) is 4.52. The molecule has 2 heterocycles. The summed E-state index contributed by atoms with van der Waals surface area (Å²) in [4.78, 5) is 27.3. The van der Waals surface area contributed by atoms with Crippen LogP contribution in [0.5, 0.6) is 5.75 Å². The largest absolute Gasteiger partial charge is 0.497 e. The summed E-state index contributed by atoms with van der Waals surface area (Å²) in [6.45, 7) is 2.01. The Hall–Kier alpha value is -3.66. The molecular formula is C21H20N6O3S. The average molecular weight is 436 g/mol. The van der Waals surface area contributed by atoms with Crippen LogP contribution in [-0.4, -0.2) is 43.6 Å². The van der Waals surface area contributed by atoms with E-state index in [-0.39, 0.29) is 23.0 Å². The Kier molecular flexibility index (Phi) is 5.99. The Labute approximate surface area is 181 Å². The number of methoxy groups -OCH3 is 1. The van der Waals surface area contributed by atoms with Crippen molar-refractivity contribution in [3.63, 3.8) is 0 Å². The Morgan fingerprint density at radius 1 is 1.13 bits per heavy atom. The van der Waals surface area contributed by atoms with Crippen LogP contribution in [0.2, 0.25) is 0 Å². The lowest BCUT2D eigenvalue weighted by molar-refractivity contribution is -0.113. The number of amides is 1. The number of anilines is 1. The summed E-state index contributed by atoms with van der Waals surface area (Å²) in [5.41, 5.74) is 2.82. The van der Waals surface area contributed by atoms with Crippen LogP contribution in [0.4, 0.5) is 5.69 Å². The molecule has 2 N–H and O–H groups in total. The first-order valence-electron chi connectivity index (χ1n) is 9.48. The summed E-state index contributed by atoms with van der Waals surface area (Å²) in [6, 6.07) is 15.0. The molecule has 0 bridgehead atoms. The first-order valence-corrected chi connectivity index (χ1v) is 10.5. The van der Waals surface area contributed by atoms with Crippen molar-refractivity contribution in [3.8, 4) is 5.75 Å². The number of hydrogen-bond acceptors (Lipinski definition) is 7. The molecule has 31 heavy (non-hydrogen) atoms. The highest BCUT2D eigenvalue weighted by atomic mass is 32.2. The molecule has 4 aromatic rings. The van der Waals surface area contributed by atoms with Gasteiger partial charge in [0.05, 0.1) is 12.9 Å². The first-order chi connectivity index (χ1) is 15.0. The maximum absolute atomic E-state index is 12.3. The minimum Gasteiger partial charge on any atom is -0.497 e. The van der Waals surface area contributed by atoms with E-state index in [1.165, 1.54) is 16.3 Å². The molecule has 0 aliphatic rings. The van der Waals surface area contributed by atoms with Crippen molar-refractivity contribution in [2.75, 3.05) is 18.2 Å². The number of carbonyl (C=O) groups is 1. The number of aryl methyl sites for hydroxylation is 1. The van der Waals surface area contributed by atoms with Crippen LogP contribution < -0.4 is 15.6 Å². The number of nitrogens with one attached hydrogen (secondary N) is 2. The fourth-order valence-corrected chi connectivity index (χ4v) is 3.56. The second kappa shape index (κ2) is 9.00. The van der Waals surface area contributed by atoms with Crippen LogP contribution in [0.1, 0.15) is 16.8 Å². The molecule has 158 valence electrons. The standard InChI is InChI=1S/C21H20N6O3S/c1-13-3-5-14(6-4-13)11-17-19(29)23-20-24-25-21(27(20)26-17)31-12-18(28)22-15-7-9-16(30-2)10-8-15/h3-10H,11-12H2,1-2H3,(H,22,28)(H,23,24,29). The zero-order chi connectivity index (χ0) is 21.8. The molecule has 0 atom stereocenters. The molecule has 0 spiro atoms. The predicted octanol–water partition coefficient (Wildman–Crippen LogP) is 2.45. The number of rotatable bonds is 7. The van der Waals surface area contributed by atoms with Gasteiger partial charge in [-0.3, -0.25) is 14.6 Å². The number of carbonyl (C=O) groups excluding carboxylic acids is 1. The third kappa shape index (κ3) is 4.92. The van der Waals surface area contributed by atoms with Crippen molar-refractivity contribution in [1.29, 1.82) is 0 Å². The second-order valence-corrected chi connectivity index (χ2v) is 7.79. The van der Waals surface area contributed by atoms with E-state index in [0.717, 1.165) is 11.1 Å². The van der Waals surface area contributed by atoms with Crippen molar-refractivity contribution in [3.05, 3.63) is 75.7 Å². The summed E-state index contributed by atoms with van der Waals surface area (Å²) >= 11 is 1.18. The number of hydrogen-bond donors (Lipinski definition) is 2. The highest BCUT2D eigenvalue weighted by molar-refractivity contribution is 7.99. The van der Waals surface area contributed by atoms with Gasteiger partial charge in [0.2, 0.25) is 11.1 Å². The number of nitrogens with zero attached hydrogens (tertiary/aromatic N) is 4. The second-order valence-electron chi connectivity index (χ2n) is 6.85. The molecule has 0 radical (unpaired) electrons. The number of ether oxygens (including phenoxy) is 1. The number of aromatic amines is 1. The van der Waals surface area contributed by atoms with Gasteiger partial charge in [-0.1, -0.05) is 41.6 Å². The smallest absolute Gasteiger partial charge is 0.274 e. The highest BCUT2D eigenvalue weighted by Crippen LogP contribution is 2.18. The van der Waals surface area contributed by atoms with Crippen molar-refractivity contribution in [1.82, 2.24) is 24.8 Å². The first kappa shape index (κ1) is 20.6. The maximum atomic E-state index is 12.3. The number of aromatic nitrogens is 5. The molecular weight excluding hydrogens is 416 g/mol. The Bertz CT molecular complexity index is 1270. The van der Waals surface area contributed by atoms with Crippen molar-refractivity contribution < 1.29 is 9.53 Å². The molecule has 0 saturated carbocycles. The van der Waals surface area contributed by atoms with E-state index in [1.807, 2.05) is 31.2 Å². The fraction of sp³-hybridized carbons (Fsp3) is 0.190.